The largest absolute Gasteiger partial charge is 0.494 e. The molecule has 0 heterocycles. The van der Waals surface area contributed by atoms with Crippen molar-refractivity contribution in [1.29, 1.82) is 0 Å². The summed E-state index contributed by atoms with van der Waals surface area (Å²) in [5.74, 6) is -0.465. The van der Waals surface area contributed by atoms with E-state index in [0.717, 1.165) is 17.5 Å². The maximum absolute atomic E-state index is 12.7. The average molecular weight is 380 g/mol. The third kappa shape index (κ3) is 4.61. The van der Waals surface area contributed by atoms with E-state index in [1.807, 2.05) is 12.1 Å². The van der Waals surface area contributed by atoms with Gasteiger partial charge in [-0.15, -0.1) is 0 Å². The Morgan fingerprint density at radius 2 is 1.43 bits per heavy atom. The molecule has 3 rings (SSSR count). The number of carboxylic acids is 1. The maximum atomic E-state index is 12.7. The first-order valence-corrected chi connectivity index (χ1v) is 10.3. The number of rotatable bonds is 11. The van der Waals surface area contributed by atoms with Crippen molar-refractivity contribution in [1.82, 2.24) is 0 Å². The minimum atomic E-state index is -1.03. The highest BCUT2D eigenvalue weighted by molar-refractivity contribution is 6.22. The van der Waals surface area contributed by atoms with Crippen molar-refractivity contribution in [2.24, 2.45) is 0 Å². The molecule has 0 amide bonds. The Hall–Kier alpha value is -2.62. The van der Waals surface area contributed by atoms with E-state index >= 15 is 0 Å². The van der Waals surface area contributed by atoms with Gasteiger partial charge in [0.15, 0.2) is 5.78 Å². The normalized spacial score (nSPS) is 12.0. The molecule has 4 heteroatoms. The number of hydrogen-bond donors (Lipinski definition) is 1. The summed E-state index contributed by atoms with van der Waals surface area (Å²) in [5.41, 5.74) is 2.81. The maximum Gasteiger partial charge on any atom is 0.335 e. The van der Waals surface area contributed by atoms with Crippen LogP contribution in [0, 0.1) is 0 Å². The highest BCUT2D eigenvalue weighted by Crippen LogP contribution is 2.38. The van der Waals surface area contributed by atoms with Gasteiger partial charge in [0.25, 0.3) is 0 Å². The van der Waals surface area contributed by atoms with Crippen LogP contribution in [-0.4, -0.2) is 23.5 Å². The molecule has 0 saturated carbocycles. The first kappa shape index (κ1) is 20.1. The van der Waals surface area contributed by atoms with Crippen LogP contribution >= 0.6 is 0 Å². The molecule has 0 radical (unpaired) electrons. The van der Waals surface area contributed by atoms with E-state index in [2.05, 4.69) is 6.92 Å². The number of aromatic carboxylic acids is 1. The topological polar surface area (TPSA) is 63.6 Å². The van der Waals surface area contributed by atoms with Gasteiger partial charge in [-0.05, 0) is 47.9 Å². The van der Waals surface area contributed by atoms with Crippen LogP contribution in [0.15, 0.2) is 36.4 Å². The third-order valence-electron chi connectivity index (χ3n) is 5.30. The minimum Gasteiger partial charge on any atom is -0.494 e. The van der Waals surface area contributed by atoms with E-state index in [4.69, 9.17) is 9.84 Å². The van der Waals surface area contributed by atoms with Gasteiger partial charge in [-0.3, -0.25) is 4.79 Å². The van der Waals surface area contributed by atoms with Crippen molar-refractivity contribution < 1.29 is 19.4 Å². The molecule has 0 spiro atoms. The van der Waals surface area contributed by atoms with Crippen LogP contribution in [0.2, 0.25) is 0 Å². The Morgan fingerprint density at radius 3 is 2.11 bits per heavy atom. The van der Waals surface area contributed by atoms with Crippen LogP contribution in [0.4, 0.5) is 0 Å². The quantitative estimate of drug-likeness (QED) is 0.407. The molecule has 0 bridgehead atoms. The standard InChI is InChI=1S/C24H28O4/c1-2-3-4-5-6-7-8-9-14-28-18-11-13-20-19-12-10-17(24(26)27)15-21(19)23(25)22(20)16-18/h10-13,15-16H,2-9,14H2,1H3,(H,26,27). The second-order valence-corrected chi connectivity index (χ2v) is 7.43. The SMILES string of the molecule is CCCCCCCCCCOc1ccc2c(c1)C(=O)c1cc(C(=O)O)ccc1-2. The minimum absolute atomic E-state index is 0.131. The zero-order valence-corrected chi connectivity index (χ0v) is 16.5. The molecule has 2 aromatic rings. The summed E-state index contributed by atoms with van der Waals surface area (Å²) >= 11 is 0. The van der Waals surface area contributed by atoms with Crippen molar-refractivity contribution in [3.05, 3.63) is 53.1 Å². The molecule has 4 nitrogen and oxygen atoms in total. The van der Waals surface area contributed by atoms with Gasteiger partial charge in [0.05, 0.1) is 12.2 Å². The number of fused-ring (bicyclic) bond motifs is 3. The highest BCUT2D eigenvalue weighted by atomic mass is 16.5. The number of benzene rings is 2. The van der Waals surface area contributed by atoms with Gasteiger partial charge in [0.2, 0.25) is 0 Å². The van der Waals surface area contributed by atoms with Crippen molar-refractivity contribution in [3.8, 4) is 16.9 Å². The average Bonchev–Trinajstić information content (AvgIpc) is 2.98. The number of carbonyl (C=O) groups excluding carboxylic acids is 1. The molecule has 0 aliphatic heterocycles. The molecule has 2 aromatic carbocycles. The lowest BCUT2D eigenvalue weighted by Crippen LogP contribution is -2.01. The first-order valence-electron chi connectivity index (χ1n) is 10.3. The van der Waals surface area contributed by atoms with Gasteiger partial charge in [-0.2, -0.15) is 0 Å². The Bertz CT molecular complexity index is 854. The summed E-state index contributed by atoms with van der Waals surface area (Å²) in [4.78, 5) is 23.9. The van der Waals surface area contributed by atoms with Crippen molar-refractivity contribution in [2.45, 2.75) is 58.3 Å². The van der Waals surface area contributed by atoms with E-state index in [1.165, 1.54) is 57.1 Å². The van der Waals surface area contributed by atoms with Crippen molar-refractivity contribution in [2.75, 3.05) is 6.61 Å². The summed E-state index contributed by atoms with van der Waals surface area (Å²) in [7, 11) is 0. The second-order valence-electron chi connectivity index (χ2n) is 7.43. The van der Waals surface area contributed by atoms with Crippen LogP contribution in [-0.2, 0) is 0 Å². The number of carbonyl (C=O) groups is 2. The van der Waals surface area contributed by atoms with E-state index in [1.54, 1.807) is 12.1 Å². The fourth-order valence-electron chi connectivity index (χ4n) is 3.71. The highest BCUT2D eigenvalue weighted by Gasteiger charge is 2.28. The molecule has 0 fully saturated rings. The number of hydrogen-bond acceptors (Lipinski definition) is 3. The zero-order valence-electron chi connectivity index (χ0n) is 16.5. The van der Waals surface area contributed by atoms with Gasteiger partial charge < -0.3 is 9.84 Å². The molecule has 1 aliphatic rings. The van der Waals surface area contributed by atoms with E-state index in [0.29, 0.717) is 23.5 Å². The lowest BCUT2D eigenvalue weighted by Gasteiger charge is -2.08. The van der Waals surface area contributed by atoms with Gasteiger partial charge in [-0.25, -0.2) is 4.79 Å². The zero-order chi connectivity index (χ0) is 19.9. The number of unbranched alkanes of at least 4 members (excludes halogenated alkanes) is 7. The van der Waals surface area contributed by atoms with Gasteiger partial charge in [0, 0.05) is 11.1 Å². The van der Waals surface area contributed by atoms with Gasteiger partial charge in [0.1, 0.15) is 5.75 Å². The van der Waals surface area contributed by atoms with Crippen LogP contribution < -0.4 is 4.74 Å². The predicted molar refractivity (Wildman–Crippen MR) is 110 cm³/mol. The Morgan fingerprint density at radius 1 is 0.821 bits per heavy atom. The van der Waals surface area contributed by atoms with Crippen molar-refractivity contribution >= 4 is 11.8 Å². The Balaban J connectivity index is 1.52. The fourth-order valence-corrected chi connectivity index (χ4v) is 3.71. The summed E-state index contributed by atoms with van der Waals surface area (Å²) in [6.45, 7) is 2.88. The molecule has 0 atom stereocenters. The fraction of sp³-hybridized carbons (Fsp3) is 0.417. The number of ketones is 1. The molecular weight excluding hydrogens is 352 g/mol. The predicted octanol–water partition coefficient (Wildman–Crippen LogP) is 6.12. The number of carboxylic acid groups (broad SMARTS) is 1. The Kier molecular flexibility index (Phi) is 6.85. The Labute approximate surface area is 166 Å². The first-order chi connectivity index (χ1) is 13.6. The summed E-state index contributed by atoms with van der Waals surface area (Å²) < 4.78 is 5.84. The second kappa shape index (κ2) is 9.54. The molecular formula is C24H28O4. The van der Waals surface area contributed by atoms with Crippen LogP contribution in [0.25, 0.3) is 11.1 Å². The van der Waals surface area contributed by atoms with E-state index in [-0.39, 0.29) is 11.3 Å². The molecule has 148 valence electrons. The summed E-state index contributed by atoms with van der Waals surface area (Å²) in [6, 6.07) is 10.3. The van der Waals surface area contributed by atoms with E-state index in [9.17, 15) is 9.59 Å². The third-order valence-corrected chi connectivity index (χ3v) is 5.30. The molecule has 0 unspecified atom stereocenters. The lowest BCUT2D eigenvalue weighted by molar-refractivity contribution is 0.0697. The van der Waals surface area contributed by atoms with Gasteiger partial charge in [-0.1, -0.05) is 57.9 Å². The van der Waals surface area contributed by atoms with Crippen LogP contribution in [0.5, 0.6) is 5.75 Å². The number of ether oxygens (including phenoxy) is 1. The molecule has 1 N–H and O–H groups in total. The summed E-state index contributed by atoms with van der Waals surface area (Å²) in [5, 5.41) is 9.14. The van der Waals surface area contributed by atoms with Gasteiger partial charge >= 0.3 is 5.97 Å². The monoisotopic (exact) mass is 380 g/mol. The van der Waals surface area contributed by atoms with Crippen LogP contribution in [0.1, 0.15) is 84.6 Å². The lowest BCUT2D eigenvalue weighted by atomic mass is 10.0. The van der Waals surface area contributed by atoms with Crippen LogP contribution in [0.3, 0.4) is 0 Å². The molecule has 0 aromatic heterocycles. The van der Waals surface area contributed by atoms with E-state index < -0.39 is 5.97 Å². The smallest absolute Gasteiger partial charge is 0.335 e. The summed E-state index contributed by atoms with van der Waals surface area (Å²) in [6.07, 6.45) is 10.0. The molecule has 0 saturated heterocycles. The van der Waals surface area contributed by atoms with Crippen molar-refractivity contribution in [3.63, 3.8) is 0 Å². The molecule has 28 heavy (non-hydrogen) atoms. The molecule has 1 aliphatic carbocycles.